The summed E-state index contributed by atoms with van der Waals surface area (Å²) in [5.41, 5.74) is 17.1. The first-order valence-corrected chi connectivity index (χ1v) is 13.5. The summed E-state index contributed by atoms with van der Waals surface area (Å²) >= 11 is 1.43. The number of amides is 3. The highest BCUT2D eigenvalue weighted by Crippen LogP contribution is 2.07. The van der Waals surface area contributed by atoms with Crippen molar-refractivity contribution < 1.29 is 34.2 Å². The fourth-order valence-corrected chi connectivity index (χ4v) is 3.82. The second-order valence-corrected chi connectivity index (χ2v) is 9.56. The molecule has 16 nitrogen and oxygen atoms in total. The highest BCUT2D eigenvalue weighted by Gasteiger charge is 2.30. The SMILES string of the molecule is CSCCC(NC(=O)C(N)Cc1cnc[nH]1)C(=O)NC(CCC(=O)O)C(=O)NC(CCCN=C(N)N)C(=O)O. The summed E-state index contributed by atoms with van der Waals surface area (Å²) in [6, 6.07) is -4.77. The number of carbonyl (C=O) groups is 5. The second kappa shape index (κ2) is 17.6. The lowest BCUT2D eigenvalue weighted by atomic mass is 10.1. The number of H-pyrrole nitrogens is 1. The van der Waals surface area contributed by atoms with E-state index in [2.05, 4.69) is 30.9 Å². The zero-order valence-corrected chi connectivity index (χ0v) is 22.4. The summed E-state index contributed by atoms with van der Waals surface area (Å²) in [6.45, 7) is 0.139. The molecule has 1 aromatic rings. The van der Waals surface area contributed by atoms with Gasteiger partial charge in [-0.1, -0.05) is 0 Å². The van der Waals surface area contributed by atoms with Crippen LogP contribution in [0.3, 0.4) is 0 Å². The molecule has 1 aromatic heterocycles. The summed E-state index contributed by atoms with van der Waals surface area (Å²) in [7, 11) is 0. The van der Waals surface area contributed by atoms with Crippen LogP contribution in [-0.2, 0) is 30.4 Å². The van der Waals surface area contributed by atoms with Crippen molar-refractivity contribution in [3.05, 3.63) is 18.2 Å². The summed E-state index contributed by atoms with van der Waals surface area (Å²) < 4.78 is 0. The molecule has 0 saturated heterocycles. The number of hydrogen-bond acceptors (Lipinski definition) is 9. The largest absolute Gasteiger partial charge is 0.481 e. The molecule has 0 aliphatic carbocycles. The van der Waals surface area contributed by atoms with Crippen molar-refractivity contribution >= 4 is 47.4 Å². The number of rotatable bonds is 19. The number of imidazole rings is 1. The lowest BCUT2D eigenvalue weighted by Gasteiger charge is -2.25. The van der Waals surface area contributed by atoms with Crippen molar-refractivity contribution in [1.82, 2.24) is 25.9 Å². The van der Waals surface area contributed by atoms with Gasteiger partial charge in [0.15, 0.2) is 5.96 Å². The number of aliphatic carboxylic acids is 2. The van der Waals surface area contributed by atoms with Gasteiger partial charge < -0.3 is 48.3 Å². The monoisotopic (exact) mass is 571 g/mol. The highest BCUT2D eigenvalue weighted by atomic mass is 32.2. The maximum Gasteiger partial charge on any atom is 0.326 e. The molecular formula is C22H37N9O7S. The van der Waals surface area contributed by atoms with Gasteiger partial charge >= 0.3 is 11.9 Å². The first-order chi connectivity index (χ1) is 18.4. The number of nitrogens with one attached hydrogen (secondary N) is 4. The van der Waals surface area contributed by atoms with Crippen molar-refractivity contribution in [3.63, 3.8) is 0 Å². The fourth-order valence-electron chi connectivity index (χ4n) is 3.35. The normalized spacial score (nSPS) is 13.8. The van der Waals surface area contributed by atoms with E-state index in [1.54, 1.807) is 0 Å². The third kappa shape index (κ3) is 13.5. The standard InChI is InChI=1S/C22H37N9O7S/c1-39-8-6-15(29-18(34)13(23)9-12-10-26-11-28-12)20(36)30-14(4-5-17(32)33)19(35)31-16(21(37)38)3-2-7-27-22(24)25/h10-11,13-16H,2-9,23H2,1H3,(H,26,28)(H,29,34)(H,30,36)(H,31,35)(H,32,33)(H,37,38)(H4,24,25,27). The van der Waals surface area contributed by atoms with E-state index in [9.17, 15) is 29.1 Å². The molecule has 0 radical (unpaired) electrons. The van der Waals surface area contributed by atoms with Gasteiger partial charge in [0.2, 0.25) is 17.7 Å². The predicted molar refractivity (Wildman–Crippen MR) is 143 cm³/mol. The van der Waals surface area contributed by atoms with E-state index in [0.717, 1.165) is 0 Å². The van der Waals surface area contributed by atoms with Crippen LogP contribution in [0.4, 0.5) is 0 Å². The molecule has 0 saturated carbocycles. The number of carbonyl (C=O) groups excluding carboxylic acids is 3. The Labute approximate surface area is 229 Å². The van der Waals surface area contributed by atoms with Gasteiger partial charge in [-0.05, 0) is 37.7 Å². The molecule has 1 rings (SSSR count). The molecule has 0 aliphatic heterocycles. The molecule has 0 fully saturated rings. The summed E-state index contributed by atoms with van der Waals surface area (Å²) in [4.78, 5) is 71.9. The number of carboxylic acids is 2. The average Bonchev–Trinajstić information content (AvgIpc) is 3.38. The number of hydrogen-bond donors (Lipinski definition) is 9. The van der Waals surface area contributed by atoms with Crippen molar-refractivity contribution in [2.45, 2.75) is 62.7 Å². The third-order valence-corrected chi connectivity index (χ3v) is 6.06. The smallest absolute Gasteiger partial charge is 0.326 e. The number of thioether (sulfide) groups is 1. The quantitative estimate of drug-likeness (QED) is 0.0473. The maximum absolute atomic E-state index is 13.1. The summed E-state index contributed by atoms with van der Waals surface area (Å²) in [5, 5.41) is 25.9. The van der Waals surface area contributed by atoms with Crippen LogP contribution >= 0.6 is 11.8 Å². The van der Waals surface area contributed by atoms with E-state index in [1.165, 1.54) is 24.3 Å². The molecule has 4 unspecified atom stereocenters. The molecule has 0 spiro atoms. The topological polar surface area (TPSA) is 281 Å². The van der Waals surface area contributed by atoms with Crippen molar-refractivity contribution in [1.29, 1.82) is 0 Å². The van der Waals surface area contributed by atoms with Gasteiger partial charge in [-0.15, -0.1) is 0 Å². The van der Waals surface area contributed by atoms with Gasteiger partial charge in [0, 0.05) is 31.3 Å². The van der Waals surface area contributed by atoms with Gasteiger partial charge in [0.05, 0.1) is 12.4 Å². The number of nitrogens with zero attached hydrogens (tertiary/aromatic N) is 2. The average molecular weight is 572 g/mol. The number of carboxylic acid groups (broad SMARTS) is 2. The van der Waals surface area contributed by atoms with Crippen LogP contribution in [0, 0.1) is 0 Å². The van der Waals surface area contributed by atoms with Gasteiger partial charge in [-0.3, -0.25) is 24.2 Å². The predicted octanol–water partition coefficient (Wildman–Crippen LogP) is -2.51. The highest BCUT2D eigenvalue weighted by molar-refractivity contribution is 7.98. The van der Waals surface area contributed by atoms with Gasteiger partial charge in [-0.25, -0.2) is 9.78 Å². The van der Waals surface area contributed by atoms with Crippen LogP contribution in [0.15, 0.2) is 17.5 Å². The lowest BCUT2D eigenvalue weighted by molar-refractivity contribution is -0.143. The first kappa shape index (κ1) is 33.2. The number of aromatic amines is 1. The fraction of sp³-hybridized carbons (Fsp3) is 0.591. The molecule has 0 bridgehead atoms. The molecule has 1 heterocycles. The van der Waals surface area contributed by atoms with Crippen LogP contribution in [0.25, 0.3) is 0 Å². The lowest BCUT2D eigenvalue weighted by Crippen LogP contribution is -2.57. The number of guanidine groups is 1. The van der Waals surface area contributed by atoms with E-state index in [4.69, 9.17) is 22.3 Å². The molecule has 3 amide bonds. The van der Waals surface area contributed by atoms with E-state index < -0.39 is 60.2 Å². The molecule has 4 atom stereocenters. The van der Waals surface area contributed by atoms with Crippen LogP contribution in [0.1, 0.15) is 37.8 Å². The minimum Gasteiger partial charge on any atom is -0.481 e. The summed E-state index contributed by atoms with van der Waals surface area (Å²) in [6.07, 6.45) is 4.55. The molecule has 39 heavy (non-hydrogen) atoms. The van der Waals surface area contributed by atoms with Crippen molar-refractivity contribution in [2.24, 2.45) is 22.2 Å². The van der Waals surface area contributed by atoms with E-state index in [1.807, 2.05) is 6.26 Å². The Hall–Kier alpha value is -3.86. The molecular weight excluding hydrogens is 534 g/mol. The zero-order valence-electron chi connectivity index (χ0n) is 21.6. The van der Waals surface area contributed by atoms with Crippen molar-refractivity contribution in [3.8, 4) is 0 Å². The Morgan fingerprint density at radius 1 is 1.00 bits per heavy atom. The molecule has 12 N–H and O–H groups in total. The molecule has 0 aliphatic rings. The van der Waals surface area contributed by atoms with Crippen LogP contribution < -0.4 is 33.2 Å². The Morgan fingerprint density at radius 2 is 1.62 bits per heavy atom. The minimum atomic E-state index is -1.37. The Balaban J connectivity index is 2.93. The number of aliphatic imine (C=N–C) groups is 1. The Morgan fingerprint density at radius 3 is 2.15 bits per heavy atom. The molecule has 0 aromatic carbocycles. The maximum atomic E-state index is 13.1. The van der Waals surface area contributed by atoms with Gasteiger partial charge in [0.25, 0.3) is 0 Å². The number of nitrogens with two attached hydrogens (primary N) is 3. The first-order valence-electron chi connectivity index (χ1n) is 12.1. The van der Waals surface area contributed by atoms with Crippen LogP contribution in [0.5, 0.6) is 0 Å². The summed E-state index contributed by atoms with van der Waals surface area (Å²) in [5.74, 6) is -4.45. The van der Waals surface area contributed by atoms with Crippen molar-refractivity contribution in [2.75, 3.05) is 18.6 Å². The van der Waals surface area contributed by atoms with E-state index in [-0.39, 0.29) is 44.6 Å². The third-order valence-electron chi connectivity index (χ3n) is 5.41. The number of aromatic nitrogens is 2. The molecule has 17 heteroatoms. The Kier molecular flexibility index (Phi) is 15.0. The van der Waals surface area contributed by atoms with Crippen LogP contribution in [0.2, 0.25) is 0 Å². The van der Waals surface area contributed by atoms with Crippen LogP contribution in [-0.4, -0.2) is 98.5 Å². The minimum absolute atomic E-state index is 0.0158. The second-order valence-electron chi connectivity index (χ2n) is 8.57. The van der Waals surface area contributed by atoms with Gasteiger partial charge in [-0.2, -0.15) is 11.8 Å². The van der Waals surface area contributed by atoms with E-state index >= 15 is 0 Å². The van der Waals surface area contributed by atoms with Gasteiger partial charge in [0.1, 0.15) is 18.1 Å². The molecule has 218 valence electrons. The van der Waals surface area contributed by atoms with E-state index in [0.29, 0.717) is 11.4 Å². The zero-order chi connectivity index (χ0) is 29.4. The Bertz CT molecular complexity index is 987.